The molecule has 1 heterocycles. The summed E-state index contributed by atoms with van der Waals surface area (Å²) < 4.78 is 5.54. The molecule has 0 radical (unpaired) electrons. The van der Waals surface area contributed by atoms with Crippen molar-refractivity contribution in [1.29, 1.82) is 0 Å². The zero-order valence-corrected chi connectivity index (χ0v) is 11.7. The van der Waals surface area contributed by atoms with E-state index < -0.39 is 0 Å². The van der Waals surface area contributed by atoms with Crippen LogP contribution in [0.5, 0.6) is 5.75 Å². The number of nitrogen functional groups attached to an aromatic ring is 1. The third-order valence-corrected chi connectivity index (χ3v) is 3.17. The zero-order chi connectivity index (χ0) is 13.7. The van der Waals surface area contributed by atoms with Gasteiger partial charge in [-0.3, -0.25) is 5.43 Å². The molecule has 2 rings (SSSR count). The second kappa shape index (κ2) is 6.19. The maximum atomic E-state index is 5.54. The molecule has 0 atom stereocenters. The standard InChI is InChI=1S/C13H16N4OS/c1-3-18-11-6-10(5-4-9(11)2)7-15-17-13-16-12(14)8-19-13/h4-8H,3,14H2,1-2H3,(H,16,17). The molecule has 0 spiro atoms. The van der Waals surface area contributed by atoms with Crippen LogP contribution in [0.15, 0.2) is 28.7 Å². The number of aryl methyl sites for hydroxylation is 1. The average molecular weight is 276 g/mol. The number of rotatable bonds is 5. The summed E-state index contributed by atoms with van der Waals surface area (Å²) in [5, 5.41) is 6.55. The molecule has 0 unspecified atom stereocenters. The number of benzene rings is 1. The lowest BCUT2D eigenvalue weighted by Gasteiger charge is -2.07. The number of hydrogen-bond donors (Lipinski definition) is 2. The van der Waals surface area contributed by atoms with Gasteiger partial charge in [-0.05, 0) is 31.0 Å². The van der Waals surface area contributed by atoms with Gasteiger partial charge in [0.1, 0.15) is 11.6 Å². The van der Waals surface area contributed by atoms with E-state index in [1.165, 1.54) is 11.3 Å². The van der Waals surface area contributed by atoms with Gasteiger partial charge < -0.3 is 10.5 Å². The van der Waals surface area contributed by atoms with Gasteiger partial charge in [-0.2, -0.15) is 5.10 Å². The largest absolute Gasteiger partial charge is 0.494 e. The Balaban J connectivity index is 2.04. The van der Waals surface area contributed by atoms with E-state index in [9.17, 15) is 0 Å². The fourth-order valence-electron chi connectivity index (χ4n) is 1.51. The lowest BCUT2D eigenvalue weighted by molar-refractivity contribution is 0.338. The maximum Gasteiger partial charge on any atom is 0.205 e. The van der Waals surface area contributed by atoms with Crippen LogP contribution in [-0.4, -0.2) is 17.8 Å². The van der Waals surface area contributed by atoms with Crippen LogP contribution in [0.25, 0.3) is 0 Å². The SMILES string of the molecule is CCOc1cc(C=NNc2nc(N)cs2)ccc1C. The molecule has 0 aliphatic carbocycles. The molecule has 0 bridgehead atoms. The van der Waals surface area contributed by atoms with Crippen LogP contribution in [0.1, 0.15) is 18.1 Å². The Kier molecular flexibility index (Phi) is 4.35. The molecule has 6 heteroatoms. The number of hydrazone groups is 1. The van der Waals surface area contributed by atoms with Crippen molar-refractivity contribution in [2.24, 2.45) is 5.10 Å². The highest BCUT2D eigenvalue weighted by molar-refractivity contribution is 7.14. The van der Waals surface area contributed by atoms with Gasteiger partial charge in [-0.1, -0.05) is 12.1 Å². The molecule has 1 aromatic carbocycles. The summed E-state index contributed by atoms with van der Waals surface area (Å²) in [4.78, 5) is 4.05. The molecule has 0 amide bonds. The van der Waals surface area contributed by atoms with E-state index in [0.717, 1.165) is 16.9 Å². The van der Waals surface area contributed by atoms with E-state index >= 15 is 0 Å². The minimum Gasteiger partial charge on any atom is -0.494 e. The predicted octanol–water partition coefficient (Wildman–Crippen LogP) is 2.88. The molecule has 1 aromatic heterocycles. The highest BCUT2D eigenvalue weighted by atomic mass is 32.1. The number of hydrogen-bond acceptors (Lipinski definition) is 6. The molecule has 0 aliphatic heterocycles. The third-order valence-electron chi connectivity index (χ3n) is 2.41. The van der Waals surface area contributed by atoms with Crippen molar-refractivity contribution >= 4 is 28.5 Å². The summed E-state index contributed by atoms with van der Waals surface area (Å²) in [7, 11) is 0. The van der Waals surface area contributed by atoms with Gasteiger partial charge in [0.2, 0.25) is 5.13 Å². The van der Waals surface area contributed by atoms with Crippen molar-refractivity contribution in [2.75, 3.05) is 17.8 Å². The summed E-state index contributed by atoms with van der Waals surface area (Å²) >= 11 is 1.41. The Morgan fingerprint density at radius 1 is 1.53 bits per heavy atom. The van der Waals surface area contributed by atoms with E-state index in [-0.39, 0.29) is 0 Å². The van der Waals surface area contributed by atoms with E-state index in [1.807, 2.05) is 32.0 Å². The fraction of sp³-hybridized carbons (Fsp3) is 0.231. The quantitative estimate of drug-likeness (QED) is 0.650. The molecule has 0 saturated carbocycles. The Morgan fingerprint density at radius 3 is 3.05 bits per heavy atom. The number of ether oxygens (including phenoxy) is 1. The molecule has 3 N–H and O–H groups in total. The van der Waals surface area contributed by atoms with Crippen molar-refractivity contribution in [2.45, 2.75) is 13.8 Å². The Labute approximate surface area is 116 Å². The first-order valence-corrected chi connectivity index (χ1v) is 6.80. The normalized spacial score (nSPS) is 10.8. The topological polar surface area (TPSA) is 72.5 Å². The number of anilines is 2. The molecular formula is C13H16N4OS. The number of nitrogens with zero attached hydrogens (tertiary/aromatic N) is 2. The van der Waals surface area contributed by atoms with Crippen LogP contribution in [-0.2, 0) is 0 Å². The first-order valence-electron chi connectivity index (χ1n) is 5.92. The molecule has 5 nitrogen and oxygen atoms in total. The fourth-order valence-corrected chi connectivity index (χ4v) is 2.06. The lowest BCUT2D eigenvalue weighted by Crippen LogP contribution is -1.96. The van der Waals surface area contributed by atoms with E-state index in [4.69, 9.17) is 10.5 Å². The van der Waals surface area contributed by atoms with E-state index in [0.29, 0.717) is 17.6 Å². The van der Waals surface area contributed by atoms with E-state index in [2.05, 4.69) is 15.5 Å². The molecular weight excluding hydrogens is 260 g/mol. The number of thiazole rings is 1. The van der Waals surface area contributed by atoms with Crippen molar-refractivity contribution in [1.82, 2.24) is 4.98 Å². The Hall–Kier alpha value is -2.08. The minimum absolute atomic E-state index is 0.497. The number of nitrogens with two attached hydrogens (primary N) is 1. The van der Waals surface area contributed by atoms with Crippen LogP contribution in [0.4, 0.5) is 10.9 Å². The molecule has 0 saturated heterocycles. The van der Waals surface area contributed by atoms with Crippen molar-refractivity contribution in [3.8, 4) is 5.75 Å². The predicted molar refractivity (Wildman–Crippen MR) is 80.1 cm³/mol. The Bertz CT molecular complexity index is 580. The van der Waals surface area contributed by atoms with Crippen LogP contribution in [0, 0.1) is 6.92 Å². The summed E-state index contributed by atoms with van der Waals surface area (Å²) in [6.07, 6.45) is 1.72. The average Bonchev–Trinajstić information content (AvgIpc) is 2.79. The Morgan fingerprint density at radius 2 is 2.37 bits per heavy atom. The molecule has 0 aliphatic rings. The van der Waals surface area contributed by atoms with Crippen LogP contribution >= 0.6 is 11.3 Å². The van der Waals surface area contributed by atoms with Gasteiger partial charge in [0, 0.05) is 5.38 Å². The number of aromatic nitrogens is 1. The van der Waals surface area contributed by atoms with Gasteiger partial charge >= 0.3 is 0 Å². The molecule has 0 fully saturated rings. The second-order valence-electron chi connectivity index (χ2n) is 3.91. The molecule has 100 valence electrons. The number of nitrogens with one attached hydrogen (secondary N) is 1. The van der Waals surface area contributed by atoms with Crippen molar-refractivity contribution in [3.63, 3.8) is 0 Å². The van der Waals surface area contributed by atoms with Gasteiger partial charge in [-0.25, -0.2) is 4.98 Å². The molecule has 19 heavy (non-hydrogen) atoms. The first-order chi connectivity index (χ1) is 9.19. The highest BCUT2D eigenvalue weighted by Crippen LogP contribution is 2.19. The zero-order valence-electron chi connectivity index (χ0n) is 10.9. The monoisotopic (exact) mass is 276 g/mol. The van der Waals surface area contributed by atoms with Crippen LogP contribution in [0.3, 0.4) is 0 Å². The smallest absolute Gasteiger partial charge is 0.205 e. The minimum atomic E-state index is 0.497. The van der Waals surface area contributed by atoms with Gasteiger partial charge in [0.15, 0.2) is 0 Å². The van der Waals surface area contributed by atoms with Crippen LogP contribution in [0.2, 0.25) is 0 Å². The lowest BCUT2D eigenvalue weighted by atomic mass is 10.1. The van der Waals surface area contributed by atoms with Gasteiger partial charge in [0.25, 0.3) is 0 Å². The van der Waals surface area contributed by atoms with Gasteiger partial charge in [-0.15, -0.1) is 11.3 Å². The van der Waals surface area contributed by atoms with E-state index in [1.54, 1.807) is 11.6 Å². The van der Waals surface area contributed by atoms with Crippen LogP contribution < -0.4 is 15.9 Å². The highest BCUT2D eigenvalue weighted by Gasteiger charge is 2.00. The second-order valence-corrected chi connectivity index (χ2v) is 4.76. The third kappa shape index (κ3) is 3.69. The summed E-state index contributed by atoms with van der Waals surface area (Å²) in [6, 6.07) is 5.95. The molecule has 2 aromatic rings. The van der Waals surface area contributed by atoms with Crippen molar-refractivity contribution < 1.29 is 4.74 Å². The first kappa shape index (κ1) is 13.4. The summed E-state index contributed by atoms with van der Waals surface area (Å²) in [5.74, 6) is 1.38. The maximum absolute atomic E-state index is 5.54. The summed E-state index contributed by atoms with van der Waals surface area (Å²) in [6.45, 7) is 4.63. The summed E-state index contributed by atoms with van der Waals surface area (Å²) in [5.41, 5.74) is 10.4. The van der Waals surface area contributed by atoms with Crippen molar-refractivity contribution in [3.05, 3.63) is 34.7 Å². The van der Waals surface area contributed by atoms with Gasteiger partial charge in [0.05, 0.1) is 12.8 Å².